The van der Waals surface area contributed by atoms with E-state index in [1.165, 1.54) is 6.92 Å². The summed E-state index contributed by atoms with van der Waals surface area (Å²) in [7, 11) is 0. The van der Waals surface area contributed by atoms with Crippen molar-refractivity contribution >= 4 is 17.1 Å². The fourth-order valence-corrected chi connectivity index (χ4v) is 3.91. The van der Waals surface area contributed by atoms with Gasteiger partial charge in [0.05, 0.1) is 4.88 Å². The first-order valence-corrected chi connectivity index (χ1v) is 9.41. The average Bonchev–Trinajstić information content (AvgIpc) is 2.93. The van der Waals surface area contributed by atoms with Crippen molar-refractivity contribution in [3.63, 3.8) is 0 Å². The van der Waals surface area contributed by atoms with Crippen LogP contribution in [-0.2, 0) is 10.4 Å². The predicted octanol–water partition coefficient (Wildman–Crippen LogP) is 4.42. The van der Waals surface area contributed by atoms with Gasteiger partial charge in [-0.2, -0.15) is 0 Å². The summed E-state index contributed by atoms with van der Waals surface area (Å²) >= 11 is 1.64. The first kappa shape index (κ1) is 18.6. The van der Waals surface area contributed by atoms with Crippen LogP contribution in [0.4, 0.5) is 0 Å². The number of hydrogen-bond acceptors (Lipinski definition) is 6. The van der Waals surface area contributed by atoms with E-state index in [9.17, 15) is 4.79 Å². The van der Waals surface area contributed by atoms with Crippen molar-refractivity contribution in [3.05, 3.63) is 33.5 Å². The highest BCUT2D eigenvalue weighted by molar-refractivity contribution is 7.12. The van der Waals surface area contributed by atoms with Gasteiger partial charge in [-0.05, 0) is 58.4 Å². The summed E-state index contributed by atoms with van der Waals surface area (Å²) in [6.45, 7) is 10.7. The Bertz CT molecular complexity index is 822. The number of aryl methyl sites for hydroxylation is 2. The van der Waals surface area contributed by atoms with Gasteiger partial charge in [0.2, 0.25) is 0 Å². The van der Waals surface area contributed by atoms with Crippen molar-refractivity contribution < 1.29 is 23.7 Å². The van der Waals surface area contributed by atoms with Crippen LogP contribution in [0.1, 0.15) is 36.1 Å². The maximum Gasteiger partial charge on any atom is 0.179 e. The lowest BCUT2D eigenvalue weighted by Crippen LogP contribution is -2.26. The van der Waals surface area contributed by atoms with Gasteiger partial charge in [0.1, 0.15) is 36.9 Å². The minimum atomic E-state index is -0.573. The molecule has 0 amide bonds. The molecule has 2 heterocycles. The first-order chi connectivity index (χ1) is 12.3. The number of ether oxygens (including phenoxy) is 4. The van der Waals surface area contributed by atoms with Crippen molar-refractivity contribution in [1.29, 1.82) is 0 Å². The first-order valence-electron chi connectivity index (χ1n) is 8.59. The summed E-state index contributed by atoms with van der Waals surface area (Å²) in [5, 5.41) is 0. The third kappa shape index (κ3) is 3.80. The summed E-state index contributed by atoms with van der Waals surface area (Å²) in [5.74, 6) is 3.04. The van der Waals surface area contributed by atoms with Crippen LogP contribution in [0.2, 0.25) is 0 Å². The normalized spacial score (nSPS) is 13.4. The molecule has 5 nitrogen and oxygen atoms in total. The third-order valence-corrected chi connectivity index (χ3v) is 5.44. The smallest absolute Gasteiger partial charge is 0.179 e. The third-order valence-electron chi connectivity index (χ3n) is 4.06. The molecule has 26 heavy (non-hydrogen) atoms. The summed E-state index contributed by atoms with van der Waals surface area (Å²) in [6, 6.07) is 5.57. The number of fused-ring (bicyclic) bond motifs is 1. The lowest BCUT2D eigenvalue weighted by atomic mass is 10.1. The number of carbonyl (C=O) groups excluding carboxylic acids is 1. The molecular weight excluding hydrogens is 352 g/mol. The van der Waals surface area contributed by atoms with Crippen LogP contribution in [0.15, 0.2) is 18.2 Å². The molecule has 0 fully saturated rings. The second-order valence-corrected chi connectivity index (χ2v) is 8.10. The molecule has 3 rings (SSSR count). The molecule has 0 saturated carbocycles. The van der Waals surface area contributed by atoms with E-state index in [4.69, 9.17) is 18.9 Å². The minimum absolute atomic E-state index is 0.0100. The standard InChI is InChI=1S/C20H24O5S/c1-12-10-15(24-11-13(2)21)6-7-16(12)25-20(4,5)19-18-17(14(3)26-19)22-8-9-23-18/h6-7,10H,8-9,11H2,1-5H3. The Kier molecular flexibility index (Phi) is 5.14. The molecule has 0 radical (unpaired) electrons. The Hall–Kier alpha value is -2.21. The van der Waals surface area contributed by atoms with Crippen LogP contribution in [0.3, 0.4) is 0 Å². The van der Waals surface area contributed by atoms with Gasteiger partial charge in [-0.3, -0.25) is 4.79 Å². The Balaban J connectivity index is 1.82. The van der Waals surface area contributed by atoms with Crippen LogP contribution in [0, 0.1) is 13.8 Å². The van der Waals surface area contributed by atoms with Crippen molar-refractivity contribution in [2.45, 2.75) is 40.2 Å². The number of benzene rings is 1. The quantitative estimate of drug-likeness (QED) is 0.747. The van der Waals surface area contributed by atoms with Crippen LogP contribution in [0.5, 0.6) is 23.0 Å². The molecule has 1 aliphatic rings. The van der Waals surface area contributed by atoms with Crippen molar-refractivity contribution in [2.75, 3.05) is 19.8 Å². The molecule has 1 aromatic heterocycles. The maximum atomic E-state index is 11.1. The molecular formula is C20H24O5S. The second-order valence-electron chi connectivity index (χ2n) is 6.87. The Morgan fingerprint density at radius 3 is 2.54 bits per heavy atom. The van der Waals surface area contributed by atoms with Gasteiger partial charge >= 0.3 is 0 Å². The lowest BCUT2D eigenvalue weighted by Gasteiger charge is -2.28. The molecule has 2 aromatic rings. The van der Waals surface area contributed by atoms with Gasteiger partial charge in [0, 0.05) is 4.88 Å². The largest absolute Gasteiger partial charge is 0.486 e. The van der Waals surface area contributed by atoms with E-state index in [0.717, 1.165) is 32.6 Å². The molecule has 1 aliphatic heterocycles. The molecule has 0 unspecified atom stereocenters. The monoisotopic (exact) mass is 376 g/mol. The molecule has 0 aliphatic carbocycles. The fourth-order valence-electron chi connectivity index (χ4n) is 2.82. The Labute approximate surface area is 157 Å². The highest BCUT2D eigenvalue weighted by atomic mass is 32.1. The number of carbonyl (C=O) groups is 1. The zero-order valence-electron chi connectivity index (χ0n) is 15.8. The molecule has 0 spiro atoms. The molecule has 0 atom stereocenters. The summed E-state index contributed by atoms with van der Waals surface area (Å²) in [4.78, 5) is 13.2. The van der Waals surface area contributed by atoms with Gasteiger partial charge in [-0.15, -0.1) is 11.3 Å². The molecule has 6 heteroatoms. The molecule has 1 aromatic carbocycles. The van der Waals surface area contributed by atoms with Crippen molar-refractivity contribution in [3.8, 4) is 23.0 Å². The van der Waals surface area contributed by atoms with Gasteiger partial charge < -0.3 is 18.9 Å². The Morgan fingerprint density at radius 1 is 1.19 bits per heavy atom. The van der Waals surface area contributed by atoms with E-state index in [0.29, 0.717) is 19.0 Å². The molecule has 140 valence electrons. The van der Waals surface area contributed by atoms with Gasteiger partial charge in [0.15, 0.2) is 17.3 Å². The molecule has 0 N–H and O–H groups in total. The number of ketones is 1. The SMILES string of the molecule is CC(=O)COc1ccc(OC(C)(C)c2sc(C)c3c2OCCO3)c(C)c1. The number of hydrogen-bond donors (Lipinski definition) is 0. The van der Waals surface area contributed by atoms with Crippen LogP contribution >= 0.6 is 11.3 Å². The number of Topliss-reactive ketones (excluding diaryl/α,β-unsaturated/α-hetero) is 1. The van der Waals surface area contributed by atoms with Gasteiger partial charge in [-0.1, -0.05) is 0 Å². The van der Waals surface area contributed by atoms with E-state index in [2.05, 4.69) is 0 Å². The summed E-state index contributed by atoms with van der Waals surface area (Å²) in [6.07, 6.45) is 0. The second kappa shape index (κ2) is 7.19. The summed E-state index contributed by atoms with van der Waals surface area (Å²) in [5.41, 5.74) is 0.370. The Morgan fingerprint density at radius 2 is 1.88 bits per heavy atom. The highest BCUT2D eigenvalue weighted by Gasteiger charge is 2.34. The van der Waals surface area contributed by atoms with E-state index >= 15 is 0 Å². The predicted molar refractivity (Wildman–Crippen MR) is 101 cm³/mol. The fraction of sp³-hybridized carbons (Fsp3) is 0.450. The zero-order chi connectivity index (χ0) is 18.9. The molecule has 0 bridgehead atoms. The number of rotatable bonds is 6. The van der Waals surface area contributed by atoms with Crippen molar-refractivity contribution in [1.82, 2.24) is 0 Å². The maximum absolute atomic E-state index is 11.1. The highest BCUT2D eigenvalue weighted by Crippen LogP contribution is 2.49. The summed E-state index contributed by atoms with van der Waals surface area (Å²) < 4.78 is 23.4. The van der Waals surface area contributed by atoms with E-state index in [1.54, 1.807) is 11.3 Å². The van der Waals surface area contributed by atoms with Crippen LogP contribution in [0.25, 0.3) is 0 Å². The lowest BCUT2D eigenvalue weighted by molar-refractivity contribution is -0.118. The van der Waals surface area contributed by atoms with Gasteiger partial charge in [-0.25, -0.2) is 0 Å². The average molecular weight is 376 g/mol. The van der Waals surface area contributed by atoms with Crippen molar-refractivity contribution in [2.24, 2.45) is 0 Å². The topological polar surface area (TPSA) is 54.0 Å². The number of thiophene rings is 1. The van der Waals surface area contributed by atoms with Crippen LogP contribution < -0.4 is 18.9 Å². The molecule has 0 saturated heterocycles. The van der Waals surface area contributed by atoms with Crippen LogP contribution in [-0.4, -0.2) is 25.6 Å². The van der Waals surface area contributed by atoms with E-state index in [1.807, 2.05) is 45.9 Å². The van der Waals surface area contributed by atoms with E-state index in [-0.39, 0.29) is 12.4 Å². The van der Waals surface area contributed by atoms with Gasteiger partial charge in [0.25, 0.3) is 0 Å². The zero-order valence-corrected chi connectivity index (χ0v) is 16.6. The van der Waals surface area contributed by atoms with E-state index < -0.39 is 5.60 Å². The minimum Gasteiger partial charge on any atom is -0.486 e.